The predicted molar refractivity (Wildman–Crippen MR) is 120 cm³/mol. The molecule has 0 amide bonds. The zero-order chi connectivity index (χ0) is 20.1. The molecule has 1 aliphatic heterocycles. The smallest absolute Gasteiger partial charge is 0.268 e. The first-order chi connectivity index (χ1) is 13.4. The number of rotatable bonds is 6. The summed E-state index contributed by atoms with van der Waals surface area (Å²) in [5.74, 6) is 0.806. The molecule has 7 heteroatoms. The number of hydrogen-bond acceptors (Lipinski definition) is 5. The molecule has 1 atom stereocenters. The molecule has 0 bridgehead atoms. The molecule has 5 nitrogen and oxygen atoms in total. The van der Waals surface area contributed by atoms with E-state index in [4.69, 9.17) is 16.3 Å². The second kappa shape index (κ2) is 9.45. The van der Waals surface area contributed by atoms with Gasteiger partial charge in [0.1, 0.15) is 11.9 Å². The molecule has 1 heterocycles. The Labute approximate surface area is 176 Å². The van der Waals surface area contributed by atoms with Gasteiger partial charge in [-0.3, -0.25) is 0 Å². The Hall–Kier alpha value is -2.02. The summed E-state index contributed by atoms with van der Waals surface area (Å²) in [6.07, 6.45) is 2.62. The summed E-state index contributed by atoms with van der Waals surface area (Å²) in [7, 11) is 2.01. The molecule has 1 aliphatic rings. The molecule has 1 N–H and O–H groups in total. The van der Waals surface area contributed by atoms with Gasteiger partial charge in [-0.1, -0.05) is 23.7 Å². The van der Waals surface area contributed by atoms with Crippen molar-refractivity contribution in [2.24, 2.45) is 9.98 Å². The summed E-state index contributed by atoms with van der Waals surface area (Å²) in [6, 6.07) is 11.9. The summed E-state index contributed by atoms with van der Waals surface area (Å²) in [4.78, 5) is 11.2. The Bertz CT molecular complexity index is 883. The first kappa shape index (κ1) is 20.7. The largest absolute Gasteiger partial charge is 0.433 e. The van der Waals surface area contributed by atoms with Crippen molar-refractivity contribution in [2.45, 2.75) is 33.4 Å². The van der Waals surface area contributed by atoms with Gasteiger partial charge in [-0.05, 0) is 61.7 Å². The molecule has 1 unspecified atom stereocenters. The van der Waals surface area contributed by atoms with Crippen LogP contribution in [0.1, 0.15) is 23.6 Å². The van der Waals surface area contributed by atoms with Crippen LogP contribution in [0.5, 0.6) is 5.75 Å². The first-order valence-electron chi connectivity index (χ1n) is 9.22. The lowest BCUT2D eigenvalue weighted by molar-refractivity contribution is 0.550. The highest BCUT2D eigenvalue weighted by Crippen LogP contribution is 2.30. The fourth-order valence-corrected chi connectivity index (χ4v) is 3.45. The van der Waals surface area contributed by atoms with Crippen molar-refractivity contribution < 1.29 is 4.74 Å². The zero-order valence-electron chi connectivity index (χ0n) is 16.6. The Kier molecular flexibility index (Phi) is 6.99. The molecular weight excluding hydrogens is 392 g/mol. The van der Waals surface area contributed by atoms with Crippen molar-refractivity contribution in [1.82, 2.24) is 9.62 Å². The van der Waals surface area contributed by atoms with Crippen molar-refractivity contribution in [1.29, 1.82) is 0 Å². The summed E-state index contributed by atoms with van der Waals surface area (Å²) in [5.41, 5.74) is 4.22. The molecule has 0 radical (unpaired) electrons. The molecule has 2 aromatic rings. The monoisotopic (exact) mass is 416 g/mol. The number of nitrogens with one attached hydrogen (secondary N) is 1. The van der Waals surface area contributed by atoms with Gasteiger partial charge in [-0.15, -0.1) is 0 Å². The van der Waals surface area contributed by atoms with Crippen molar-refractivity contribution in [2.75, 3.05) is 13.6 Å². The second-order valence-electron chi connectivity index (χ2n) is 6.79. The molecular formula is C21H25ClN4OS. The quantitative estimate of drug-likeness (QED) is 0.403. The second-order valence-corrected chi connectivity index (χ2v) is 8.01. The van der Waals surface area contributed by atoms with Crippen LogP contribution in [-0.4, -0.2) is 36.2 Å². The van der Waals surface area contributed by atoms with Crippen LogP contribution in [0.2, 0.25) is 5.02 Å². The van der Waals surface area contributed by atoms with E-state index in [1.165, 1.54) is 17.5 Å². The zero-order valence-corrected chi connectivity index (χ0v) is 18.1. The Balaban J connectivity index is 1.67. The third-order valence-corrected chi connectivity index (χ3v) is 5.47. The van der Waals surface area contributed by atoms with Crippen LogP contribution in [0.3, 0.4) is 0 Å². The molecule has 28 heavy (non-hydrogen) atoms. The van der Waals surface area contributed by atoms with E-state index in [1.807, 2.05) is 68.5 Å². The van der Waals surface area contributed by atoms with Gasteiger partial charge in [0.25, 0.3) is 5.23 Å². The van der Waals surface area contributed by atoms with E-state index in [2.05, 4.69) is 21.6 Å². The molecule has 0 fully saturated rings. The van der Waals surface area contributed by atoms with E-state index in [9.17, 15) is 0 Å². The summed E-state index contributed by atoms with van der Waals surface area (Å²) >= 11 is 7.36. The molecule has 0 spiro atoms. The summed E-state index contributed by atoms with van der Waals surface area (Å²) in [5, 5.41) is 1.37. The van der Waals surface area contributed by atoms with Gasteiger partial charge in [0.15, 0.2) is 0 Å². The van der Waals surface area contributed by atoms with Crippen LogP contribution < -0.4 is 9.46 Å². The van der Waals surface area contributed by atoms with Crippen LogP contribution >= 0.6 is 23.5 Å². The highest BCUT2D eigenvalue weighted by atomic mass is 35.5. The van der Waals surface area contributed by atoms with E-state index < -0.39 is 0 Å². The van der Waals surface area contributed by atoms with Crippen molar-refractivity contribution in [3.05, 3.63) is 58.1 Å². The number of hydrogen-bond donors (Lipinski definition) is 1. The number of benzene rings is 2. The van der Waals surface area contributed by atoms with Crippen molar-refractivity contribution in [3.8, 4) is 5.75 Å². The molecule has 0 aliphatic carbocycles. The molecule has 148 valence electrons. The van der Waals surface area contributed by atoms with Crippen LogP contribution in [0.4, 0.5) is 5.69 Å². The predicted octanol–water partition coefficient (Wildman–Crippen LogP) is 5.12. The highest BCUT2D eigenvalue weighted by Gasteiger charge is 2.20. The molecule has 0 saturated heterocycles. The maximum Gasteiger partial charge on any atom is 0.268 e. The first-order valence-corrected chi connectivity index (χ1v) is 10.4. The number of aliphatic imine (C=N–C) groups is 2. The maximum absolute atomic E-state index is 6.04. The lowest BCUT2D eigenvalue weighted by Crippen LogP contribution is -2.18. The minimum atomic E-state index is -0.0176. The highest BCUT2D eigenvalue weighted by molar-refractivity contribution is 8.12. The molecule has 3 rings (SSSR count). The Morgan fingerprint density at radius 2 is 2.00 bits per heavy atom. The summed E-state index contributed by atoms with van der Waals surface area (Å²) in [6.45, 7) is 7.07. The average Bonchev–Trinajstić information content (AvgIpc) is 3.11. The third-order valence-electron chi connectivity index (χ3n) is 4.47. The van der Waals surface area contributed by atoms with E-state index in [0.29, 0.717) is 5.23 Å². The van der Waals surface area contributed by atoms with Crippen LogP contribution in [0, 0.1) is 13.8 Å². The molecule has 2 aromatic carbocycles. The number of ether oxygens (including phenoxy) is 1. The van der Waals surface area contributed by atoms with Gasteiger partial charge in [0.05, 0.1) is 12.0 Å². The normalized spacial score (nSPS) is 16.5. The minimum absolute atomic E-state index is 0.0176. The van der Waals surface area contributed by atoms with E-state index >= 15 is 0 Å². The standard InChI is InChI=1S/C21H25ClN4OS/c1-5-26(4)13-23-18-10-15(3)19(11-14(18)2)27-21-24-20(25-28-21)12-16-6-8-17(22)9-7-16/h6-11,13,20,25H,5,12H2,1-4H3. The van der Waals surface area contributed by atoms with Gasteiger partial charge in [-0.25, -0.2) is 14.7 Å². The van der Waals surface area contributed by atoms with E-state index in [0.717, 1.165) is 40.6 Å². The van der Waals surface area contributed by atoms with E-state index in [-0.39, 0.29) is 6.17 Å². The Morgan fingerprint density at radius 3 is 2.71 bits per heavy atom. The van der Waals surface area contributed by atoms with Crippen LogP contribution in [0.15, 0.2) is 46.4 Å². The number of halogens is 1. The number of nitrogens with zero attached hydrogens (tertiary/aromatic N) is 3. The van der Waals surface area contributed by atoms with Crippen LogP contribution in [-0.2, 0) is 6.42 Å². The van der Waals surface area contributed by atoms with Gasteiger partial charge in [0, 0.05) is 37.0 Å². The lowest BCUT2D eigenvalue weighted by atomic mass is 10.1. The van der Waals surface area contributed by atoms with Crippen molar-refractivity contribution in [3.63, 3.8) is 0 Å². The topological polar surface area (TPSA) is 49.2 Å². The SMILES string of the molecule is CCN(C)C=Nc1cc(C)c(OC2=NC(Cc3ccc(Cl)cc3)NS2)cc1C. The molecule has 0 aromatic heterocycles. The van der Waals surface area contributed by atoms with Gasteiger partial charge in [0.2, 0.25) is 0 Å². The van der Waals surface area contributed by atoms with E-state index in [1.54, 1.807) is 0 Å². The number of aryl methyl sites for hydroxylation is 2. The van der Waals surface area contributed by atoms with Crippen LogP contribution in [0.25, 0.3) is 0 Å². The van der Waals surface area contributed by atoms with Gasteiger partial charge in [-0.2, -0.15) is 0 Å². The summed E-state index contributed by atoms with van der Waals surface area (Å²) < 4.78 is 9.34. The fourth-order valence-electron chi connectivity index (χ4n) is 2.64. The van der Waals surface area contributed by atoms with Crippen molar-refractivity contribution >= 4 is 40.8 Å². The minimum Gasteiger partial charge on any atom is -0.433 e. The lowest BCUT2D eigenvalue weighted by Gasteiger charge is -2.12. The van der Waals surface area contributed by atoms with Gasteiger partial charge >= 0.3 is 0 Å². The Morgan fingerprint density at radius 1 is 1.25 bits per heavy atom. The average molecular weight is 417 g/mol. The fraction of sp³-hybridized carbons (Fsp3) is 0.333. The maximum atomic E-state index is 6.04. The van der Waals surface area contributed by atoms with Gasteiger partial charge < -0.3 is 9.64 Å². The third kappa shape index (κ3) is 5.50. The molecule has 0 saturated carbocycles.